The Bertz CT molecular complexity index is 538. The van der Waals surface area contributed by atoms with E-state index in [-0.39, 0.29) is 6.04 Å². The molecular weight excluding hydrogens is 266 g/mol. The molecule has 0 spiro atoms. The number of aryl methyl sites for hydroxylation is 1. The highest BCUT2D eigenvalue weighted by atomic mass is 35.5. The molecule has 0 saturated carbocycles. The average molecular weight is 282 g/mol. The van der Waals surface area contributed by atoms with Crippen molar-refractivity contribution in [1.82, 2.24) is 5.32 Å². The van der Waals surface area contributed by atoms with E-state index in [9.17, 15) is 0 Å². The number of thiophene rings is 1. The number of halogens is 1. The highest BCUT2D eigenvalue weighted by Crippen LogP contribution is 2.35. The smallest absolute Gasteiger partial charge is 0.124 e. The molecule has 0 amide bonds. The van der Waals surface area contributed by atoms with Crippen molar-refractivity contribution in [2.45, 2.75) is 13.0 Å². The highest BCUT2D eigenvalue weighted by Gasteiger charge is 2.18. The topological polar surface area (TPSA) is 21.3 Å². The number of methoxy groups -OCH3 is 1. The third-order valence-electron chi connectivity index (χ3n) is 2.86. The summed E-state index contributed by atoms with van der Waals surface area (Å²) in [5.41, 5.74) is 2.35. The summed E-state index contributed by atoms with van der Waals surface area (Å²) >= 11 is 7.60. The van der Waals surface area contributed by atoms with Gasteiger partial charge in [0, 0.05) is 10.4 Å². The number of hydrogen-bond donors (Lipinski definition) is 1. The van der Waals surface area contributed by atoms with Crippen molar-refractivity contribution in [3.05, 3.63) is 50.7 Å². The van der Waals surface area contributed by atoms with Crippen LogP contribution in [0, 0.1) is 6.92 Å². The minimum atomic E-state index is 0.109. The van der Waals surface area contributed by atoms with Crippen LogP contribution in [0.4, 0.5) is 0 Å². The lowest BCUT2D eigenvalue weighted by molar-refractivity contribution is 0.405. The molecule has 18 heavy (non-hydrogen) atoms. The predicted octanol–water partition coefficient (Wildman–Crippen LogP) is 4.03. The molecule has 1 N–H and O–H groups in total. The molecule has 96 valence electrons. The van der Waals surface area contributed by atoms with Crippen molar-refractivity contribution >= 4 is 22.9 Å². The van der Waals surface area contributed by atoms with Crippen LogP contribution in [0.25, 0.3) is 0 Å². The summed E-state index contributed by atoms with van der Waals surface area (Å²) in [4.78, 5) is 1.19. The Balaban J connectivity index is 2.47. The second kappa shape index (κ2) is 5.74. The maximum Gasteiger partial charge on any atom is 0.124 e. The lowest BCUT2D eigenvalue weighted by atomic mass is 10.0. The zero-order chi connectivity index (χ0) is 13.1. The normalized spacial score (nSPS) is 12.4. The minimum Gasteiger partial charge on any atom is -0.496 e. The van der Waals surface area contributed by atoms with Gasteiger partial charge < -0.3 is 10.1 Å². The maximum absolute atomic E-state index is 6.01. The van der Waals surface area contributed by atoms with Crippen LogP contribution >= 0.6 is 22.9 Å². The summed E-state index contributed by atoms with van der Waals surface area (Å²) in [6.07, 6.45) is 0. The molecule has 1 atom stereocenters. The number of hydrogen-bond acceptors (Lipinski definition) is 3. The lowest BCUT2D eigenvalue weighted by Gasteiger charge is -2.18. The van der Waals surface area contributed by atoms with Crippen LogP contribution in [-0.2, 0) is 0 Å². The van der Waals surface area contributed by atoms with Crippen molar-refractivity contribution in [1.29, 1.82) is 0 Å². The molecule has 2 rings (SSSR count). The van der Waals surface area contributed by atoms with Crippen molar-refractivity contribution in [3.63, 3.8) is 0 Å². The second-order valence-electron chi connectivity index (χ2n) is 4.11. The van der Waals surface area contributed by atoms with Gasteiger partial charge in [-0.2, -0.15) is 0 Å². The van der Waals surface area contributed by atoms with Gasteiger partial charge in [-0.1, -0.05) is 29.3 Å². The van der Waals surface area contributed by atoms with Crippen LogP contribution in [0.3, 0.4) is 0 Å². The van der Waals surface area contributed by atoms with E-state index in [4.69, 9.17) is 16.3 Å². The van der Waals surface area contributed by atoms with Crippen LogP contribution in [0.1, 0.15) is 22.0 Å². The standard InChI is InChI=1S/C14H16ClNOS/c1-9-4-5-11(17-3)10(8-9)14(16-2)12-6-7-13(15)18-12/h4-8,14,16H,1-3H3. The molecule has 1 heterocycles. The Morgan fingerprint density at radius 2 is 2.06 bits per heavy atom. The van der Waals surface area contributed by atoms with Gasteiger partial charge in [-0.3, -0.25) is 0 Å². The second-order valence-corrected chi connectivity index (χ2v) is 5.86. The molecule has 1 aromatic carbocycles. The Hall–Kier alpha value is -1.03. The Kier molecular flexibility index (Phi) is 4.27. The van der Waals surface area contributed by atoms with E-state index in [1.165, 1.54) is 10.4 Å². The van der Waals surface area contributed by atoms with Gasteiger partial charge in [0.25, 0.3) is 0 Å². The largest absolute Gasteiger partial charge is 0.496 e. The molecule has 4 heteroatoms. The molecular formula is C14H16ClNOS. The minimum absolute atomic E-state index is 0.109. The monoisotopic (exact) mass is 281 g/mol. The van der Waals surface area contributed by atoms with Crippen molar-refractivity contribution in [2.75, 3.05) is 14.2 Å². The van der Waals surface area contributed by atoms with E-state index in [2.05, 4.69) is 30.4 Å². The Labute approximate surface area is 117 Å². The van der Waals surface area contributed by atoms with E-state index in [1.54, 1.807) is 18.4 Å². The quantitative estimate of drug-likeness (QED) is 0.914. The fraction of sp³-hybridized carbons (Fsp3) is 0.286. The van der Waals surface area contributed by atoms with E-state index < -0.39 is 0 Å². The zero-order valence-corrected chi connectivity index (χ0v) is 12.2. The van der Waals surface area contributed by atoms with Crippen LogP contribution in [0.2, 0.25) is 4.34 Å². The number of rotatable bonds is 4. The lowest BCUT2D eigenvalue weighted by Crippen LogP contribution is -2.17. The SMILES string of the molecule is CNC(c1ccc(Cl)s1)c1cc(C)ccc1OC. The van der Waals surface area contributed by atoms with Gasteiger partial charge in [0.1, 0.15) is 5.75 Å². The molecule has 0 aliphatic heterocycles. The van der Waals surface area contributed by atoms with Crippen LogP contribution in [0.5, 0.6) is 5.75 Å². The fourth-order valence-electron chi connectivity index (χ4n) is 2.01. The average Bonchev–Trinajstić information content (AvgIpc) is 2.77. The molecule has 2 nitrogen and oxygen atoms in total. The van der Waals surface area contributed by atoms with Gasteiger partial charge in [-0.05, 0) is 32.2 Å². The summed E-state index contributed by atoms with van der Waals surface area (Å²) in [5, 5.41) is 3.32. The van der Waals surface area contributed by atoms with Crippen molar-refractivity contribution in [3.8, 4) is 5.75 Å². The maximum atomic E-state index is 6.01. The van der Waals surface area contributed by atoms with Gasteiger partial charge in [-0.25, -0.2) is 0 Å². The van der Waals surface area contributed by atoms with E-state index in [0.29, 0.717) is 0 Å². The van der Waals surface area contributed by atoms with Crippen LogP contribution in [-0.4, -0.2) is 14.2 Å². The van der Waals surface area contributed by atoms with Crippen LogP contribution in [0.15, 0.2) is 30.3 Å². The molecule has 0 radical (unpaired) electrons. The first-order valence-corrected chi connectivity index (χ1v) is 6.92. The third-order valence-corrected chi connectivity index (χ3v) is 4.16. The van der Waals surface area contributed by atoms with Crippen molar-refractivity contribution in [2.24, 2.45) is 0 Å². The fourth-order valence-corrected chi connectivity index (χ4v) is 3.20. The molecule has 0 aliphatic carbocycles. The molecule has 0 aliphatic rings. The summed E-state index contributed by atoms with van der Waals surface area (Å²) in [6.45, 7) is 2.08. The highest BCUT2D eigenvalue weighted by molar-refractivity contribution is 7.16. The van der Waals surface area contributed by atoms with Gasteiger partial charge in [0.15, 0.2) is 0 Å². The molecule has 0 saturated heterocycles. The van der Waals surface area contributed by atoms with Crippen molar-refractivity contribution < 1.29 is 4.74 Å². The molecule has 0 fully saturated rings. The Morgan fingerprint density at radius 1 is 1.28 bits per heavy atom. The summed E-state index contributed by atoms with van der Waals surface area (Å²) in [7, 11) is 3.64. The molecule has 0 bridgehead atoms. The number of ether oxygens (including phenoxy) is 1. The summed E-state index contributed by atoms with van der Waals surface area (Å²) in [6, 6.07) is 10.3. The van der Waals surface area contributed by atoms with E-state index in [1.807, 2.05) is 19.2 Å². The number of benzene rings is 1. The van der Waals surface area contributed by atoms with Gasteiger partial charge in [0.05, 0.1) is 17.5 Å². The van der Waals surface area contributed by atoms with Gasteiger partial charge in [0.2, 0.25) is 0 Å². The van der Waals surface area contributed by atoms with E-state index in [0.717, 1.165) is 15.6 Å². The Morgan fingerprint density at radius 3 is 2.61 bits per heavy atom. The van der Waals surface area contributed by atoms with E-state index >= 15 is 0 Å². The predicted molar refractivity (Wildman–Crippen MR) is 78.0 cm³/mol. The van der Waals surface area contributed by atoms with Crippen LogP contribution < -0.4 is 10.1 Å². The molecule has 1 aromatic heterocycles. The molecule has 1 unspecified atom stereocenters. The third kappa shape index (κ3) is 2.69. The first-order chi connectivity index (χ1) is 8.65. The summed E-state index contributed by atoms with van der Waals surface area (Å²) in [5.74, 6) is 0.893. The first-order valence-electron chi connectivity index (χ1n) is 5.72. The zero-order valence-electron chi connectivity index (χ0n) is 10.7. The molecule has 2 aromatic rings. The first kappa shape index (κ1) is 13.4. The van der Waals surface area contributed by atoms with Gasteiger partial charge >= 0.3 is 0 Å². The number of nitrogens with one attached hydrogen (secondary N) is 1. The van der Waals surface area contributed by atoms with Gasteiger partial charge in [-0.15, -0.1) is 11.3 Å². The summed E-state index contributed by atoms with van der Waals surface area (Å²) < 4.78 is 6.25.